The fourth-order valence-electron chi connectivity index (χ4n) is 1.97. The van der Waals surface area contributed by atoms with E-state index in [9.17, 15) is 13.9 Å². The van der Waals surface area contributed by atoms with Crippen LogP contribution < -0.4 is 0 Å². The molecule has 0 spiro atoms. The van der Waals surface area contributed by atoms with Gasteiger partial charge in [-0.2, -0.15) is 0 Å². The van der Waals surface area contributed by atoms with Crippen molar-refractivity contribution < 1.29 is 13.9 Å². The molecule has 0 aliphatic heterocycles. The fraction of sp³-hybridized carbons (Fsp3) is 0.200. The first-order valence-corrected chi connectivity index (χ1v) is 6.19. The van der Waals surface area contributed by atoms with Crippen LogP contribution in [-0.2, 0) is 12.0 Å². The SMILES string of the molecule is CC(O)(Cc1cccc(F)c1F)c1ccc(Cl)cc1. The molecule has 1 unspecified atom stereocenters. The smallest absolute Gasteiger partial charge is 0.162 e. The van der Waals surface area contributed by atoms with Gasteiger partial charge in [0.2, 0.25) is 0 Å². The van der Waals surface area contributed by atoms with Gasteiger partial charge in [0.05, 0.1) is 5.60 Å². The third-order valence-corrected chi connectivity index (χ3v) is 3.28. The maximum Gasteiger partial charge on any atom is 0.162 e. The van der Waals surface area contributed by atoms with Gasteiger partial charge in [0.1, 0.15) is 0 Å². The van der Waals surface area contributed by atoms with Crippen LogP contribution >= 0.6 is 11.6 Å². The predicted octanol–water partition coefficient (Wildman–Crippen LogP) is 4.07. The summed E-state index contributed by atoms with van der Waals surface area (Å²) < 4.78 is 26.7. The molecule has 0 aliphatic rings. The van der Waals surface area contributed by atoms with Crippen molar-refractivity contribution in [2.24, 2.45) is 0 Å². The molecule has 2 rings (SSSR count). The molecule has 0 fully saturated rings. The second-order valence-corrected chi connectivity index (χ2v) is 5.11. The first-order chi connectivity index (χ1) is 8.90. The number of rotatable bonds is 3. The maximum absolute atomic E-state index is 13.6. The minimum atomic E-state index is -1.29. The van der Waals surface area contributed by atoms with Crippen molar-refractivity contribution in [1.82, 2.24) is 0 Å². The highest BCUT2D eigenvalue weighted by Gasteiger charge is 2.25. The van der Waals surface area contributed by atoms with E-state index in [1.807, 2.05) is 0 Å². The van der Waals surface area contributed by atoms with Crippen LogP contribution in [0.1, 0.15) is 18.1 Å². The Morgan fingerprint density at radius 2 is 1.74 bits per heavy atom. The fourth-order valence-corrected chi connectivity index (χ4v) is 2.09. The Kier molecular flexibility index (Phi) is 3.88. The lowest BCUT2D eigenvalue weighted by Gasteiger charge is -2.24. The molecule has 0 radical (unpaired) electrons. The van der Waals surface area contributed by atoms with Crippen LogP contribution in [0.15, 0.2) is 42.5 Å². The van der Waals surface area contributed by atoms with Crippen LogP contribution in [0.4, 0.5) is 8.78 Å². The summed E-state index contributed by atoms with van der Waals surface area (Å²) in [5.41, 5.74) is -0.556. The molecular weight excluding hydrogens is 270 g/mol. The van der Waals surface area contributed by atoms with Crippen LogP contribution in [0.5, 0.6) is 0 Å². The van der Waals surface area contributed by atoms with Crippen LogP contribution in [0.25, 0.3) is 0 Å². The molecule has 2 aromatic carbocycles. The van der Waals surface area contributed by atoms with Gasteiger partial charge in [0, 0.05) is 11.4 Å². The van der Waals surface area contributed by atoms with E-state index in [0.29, 0.717) is 10.6 Å². The lowest BCUT2D eigenvalue weighted by molar-refractivity contribution is 0.0565. The normalized spacial score (nSPS) is 14.2. The summed E-state index contributed by atoms with van der Waals surface area (Å²) in [6.45, 7) is 1.56. The monoisotopic (exact) mass is 282 g/mol. The molecular formula is C15H13ClF2O. The lowest BCUT2D eigenvalue weighted by atomic mass is 9.89. The van der Waals surface area contributed by atoms with E-state index >= 15 is 0 Å². The summed E-state index contributed by atoms with van der Waals surface area (Å²) in [6, 6.07) is 10.6. The first-order valence-electron chi connectivity index (χ1n) is 5.81. The molecule has 0 aliphatic carbocycles. The summed E-state index contributed by atoms with van der Waals surface area (Å²) in [4.78, 5) is 0. The Morgan fingerprint density at radius 3 is 2.37 bits per heavy atom. The lowest BCUT2D eigenvalue weighted by Crippen LogP contribution is -2.24. The summed E-state index contributed by atoms with van der Waals surface area (Å²) in [7, 11) is 0. The van der Waals surface area contributed by atoms with Gasteiger partial charge >= 0.3 is 0 Å². The maximum atomic E-state index is 13.6. The molecule has 2 aromatic rings. The number of aliphatic hydroxyl groups is 1. The number of benzene rings is 2. The van der Waals surface area contributed by atoms with Gasteiger partial charge in [-0.15, -0.1) is 0 Å². The molecule has 1 atom stereocenters. The molecule has 1 N–H and O–H groups in total. The van der Waals surface area contributed by atoms with E-state index in [-0.39, 0.29) is 12.0 Å². The quantitative estimate of drug-likeness (QED) is 0.900. The zero-order valence-corrected chi connectivity index (χ0v) is 11.1. The van der Waals surface area contributed by atoms with Crippen LogP contribution in [0.2, 0.25) is 5.02 Å². The minimum Gasteiger partial charge on any atom is -0.385 e. The van der Waals surface area contributed by atoms with E-state index in [0.717, 1.165) is 6.07 Å². The zero-order valence-electron chi connectivity index (χ0n) is 10.3. The molecule has 1 nitrogen and oxygen atoms in total. The number of hydrogen-bond acceptors (Lipinski definition) is 1. The Balaban J connectivity index is 2.30. The van der Waals surface area contributed by atoms with Crippen molar-refractivity contribution in [3.63, 3.8) is 0 Å². The van der Waals surface area contributed by atoms with Crippen LogP contribution in [0, 0.1) is 11.6 Å². The van der Waals surface area contributed by atoms with E-state index in [1.54, 1.807) is 31.2 Å². The van der Waals surface area contributed by atoms with Crippen molar-refractivity contribution >= 4 is 11.6 Å². The largest absolute Gasteiger partial charge is 0.385 e. The van der Waals surface area contributed by atoms with Gasteiger partial charge in [-0.3, -0.25) is 0 Å². The molecule has 4 heteroatoms. The van der Waals surface area contributed by atoms with Gasteiger partial charge in [-0.25, -0.2) is 8.78 Å². The molecule has 0 saturated heterocycles. The molecule has 19 heavy (non-hydrogen) atoms. The average molecular weight is 283 g/mol. The minimum absolute atomic E-state index is 0.0156. The van der Waals surface area contributed by atoms with E-state index in [1.165, 1.54) is 12.1 Å². The van der Waals surface area contributed by atoms with Crippen molar-refractivity contribution in [1.29, 1.82) is 0 Å². The van der Waals surface area contributed by atoms with Gasteiger partial charge < -0.3 is 5.11 Å². The third-order valence-electron chi connectivity index (χ3n) is 3.03. The molecule has 0 aromatic heterocycles. The highest BCUT2D eigenvalue weighted by molar-refractivity contribution is 6.30. The van der Waals surface area contributed by atoms with E-state index in [2.05, 4.69) is 0 Å². The highest BCUT2D eigenvalue weighted by Crippen LogP contribution is 2.27. The standard InChI is InChI=1S/C15H13ClF2O/c1-15(19,11-5-7-12(16)8-6-11)9-10-3-2-4-13(17)14(10)18/h2-8,19H,9H2,1H3. The Bertz CT molecular complexity index is 579. The average Bonchev–Trinajstić information content (AvgIpc) is 2.35. The molecule has 0 heterocycles. The molecule has 0 bridgehead atoms. The van der Waals surface area contributed by atoms with Gasteiger partial charge in [-0.1, -0.05) is 35.9 Å². The van der Waals surface area contributed by atoms with Crippen molar-refractivity contribution in [3.8, 4) is 0 Å². The Labute approximate surface area is 115 Å². The second-order valence-electron chi connectivity index (χ2n) is 4.67. The van der Waals surface area contributed by atoms with Gasteiger partial charge in [0.15, 0.2) is 11.6 Å². The molecule has 100 valence electrons. The Morgan fingerprint density at radius 1 is 1.11 bits per heavy atom. The summed E-state index contributed by atoms with van der Waals surface area (Å²) >= 11 is 5.78. The summed E-state index contributed by atoms with van der Waals surface area (Å²) in [5.74, 6) is -1.83. The van der Waals surface area contributed by atoms with Crippen LogP contribution in [0.3, 0.4) is 0 Å². The van der Waals surface area contributed by atoms with Crippen molar-refractivity contribution in [2.75, 3.05) is 0 Å². The zero-order chi connectivity index (χ0) is 14.0. The molecule has 0 saturated carbocycles. The number of hydrogen-bond donors (Lipinski definition) is 1. The topological polar surface area (TPSA) is 20.2 Å². The predicted molar refractivity (Wildman–Crippen MR) is 71.1 cm³/mol. The van der Waals surface area contributed by atoms with E-state index < -0.39 is 17.2 Å². The summed E-state index contributed by atoms with van der Waals surface area (Å²) in [6.07, 6.45) is -0.0156. The first kappa shape index (κ1) is 14.0. The third kappa shape index (κ3) is 3.11. The van der Waals surface area contributed by atoms with Gasteiger partial charge in [-0.05, 0) is 36.2 Å². The van der Waals surface area contributed by atoms with E-state index in [4.69, 9.17) is 11.6 Å². The summed E-state index contributed by atoms with van der Waals surface area (Å²) in [5, 5.41) is 11.0. The van der Waals surface area contributed by atoms with Crippen molar-refractivity contribution in [3.05, 3.63) is 70.2 Å². The second kappa shape index (κ2) is 5.27. The van der Waals surface area contributed by atoms with Crippen molar-refractivity contribution in [2.45, 2.75) is 18.9 Å². The van der Waals surface area contributed by atoms with Crippen LogP contribution in [-0.4, -0.2) is 5.11 Å². The highest BCUT2D eigenvalue weighted by atomic mass is 35.5. The Hall–Kier alpha value is -1.45. The van der Waals surface area contributed by atoms with Gasteiger partial charge in [0.25, 0.3) is 0 Å². The number of halogens is 3. The molecule has 0 amide bonds.